The number of para-hydroxylation sites is 2. The summed E-state index contributed by atoms with van der Waals surface area (Å²) < 4.78 is 2.42. The molecule has 0 bridgehead atoms. The molecule has 280 valence electrons. The van der Waals surface area contributed by atoms with Gasteiger partial charge < -0.3 is 9.47 Å². The van der Waals surface area contributed by atoms with E-state index in [4.69, 9.17) is 0 Å². The second-order valence-corrected chi connectivity index (χ2v) is 15.7. The topological polar surface area (TPSA) is 8.17 Å². The van der Waals surface area contributed by atoms with Crippen LogP contribution in [-0.2, 0) is 0 Å². The quantitative estimate of drug-likeness (QED) is 0.153. The fourth-order valence-corrected chi connectivity index (χ4v) is 9.51. The minimum Gasteiger partial charge on any atom is -0.310 e. The fraction of sp³-hybridized carbons (Fsp3) is 0. The average Bonchev–Trinajstić information content (AvgIpc) is 3.65. The van der Waals surface area contributed by atoms with Gasteiger partial charge in [0.1, 0.15) is 0 Å². The van der Waals surface area contributed by atoms with Gasteiger partial charge in [0, 0.05) is 33.5 Å². The van der Waals surface area contributed by atoms with Crippen LogP contribution >= 0.6 is 0 Å². The number of hydrogen-bond donors (Lipinski definition) is 0. The lowest BCUT2D eigenvalue weighted by Crippen LogP contribution is -2.10. The lowest BCUT2D eigenvalue weighted by Gasteiger charge is -2.27. The van der Waals surface area contributed by atoms with Crippen LogP contribution in [0.2, 0.25) is 0 Å². The molecular weight excluding hydrogens is 725 g/mol. The first-order chi connectivity index (χ1) is 29.7. The van der Waals surface area contributed by atoms with Crippen molar-refractivity contribution in [2.75, 3.05) is 4.90 Å². The molecule has 0 saturated heterocycles. The molecule has 0 spiro atoms. The summed E-state index contributed by atoms with van der Waals surface area (Å²) in [5.41, 5.74) is 11.7. The molecule has 1 aromatic heterocycles. The molecule has 0 unspecified atom stereocenters. The number of anilines is 3. The van der Waals surface area contributed by atoms with Gasteiger partial charge in [-0.25, -0.2) is 0 Å². The van der Waals surface area contributed by atoms with Gasteiger partial charge in [0.2, 0.25) is 0 Å². The van der Waals surface area contributed by atoms with Crippen LogP contribution in [0.5, 0.6) is 0 Å². The van der Waals surface area contributed by atoms with Crippen LogP contribution in [0, 0.1) is 0 Å². The van der Waals surface area contributed by atoms with E-state index in [0.29, 0.717) is 0 Å². The summed E-state index contributed by atoms with van der Waals surface area (Å²) in [7, 11) is 0. The first kappa shape index (κ1) is 34.1. The lowest BCUT2D eigenvalue weighted by atomic mass is 9.92. The van der Waals surface area contributed by atoms with Gasteiger partial charge in [-0.1, -0.05) is 164 Å². The smallest absolute Gasteiger partial charge is 0.0553 e. The Kier molecular flexibility index (Phi) is 7.89. The van der Waals surface area contributed by atoms with Crippen molar-refractivity contribution in [2.45, 2.75) is 0 Å². The average molecular weight is 763 g/mol. The zero-order valence-corrected chi connectivity index (χ0v) is 32.8. The minimum absolute atomic E-state index is 1.10. The van der Waals surface area contributed by atoms with Crippen molar-refractivity contribution in [2.24, 2.45) is 0 Å². The van der Waals surface area contributed by atoms with Crippen molar-refractivity contribution in [3.63, 3.8) is 0 Å². The molecule has 0 fully saturated rings. The number of nitrogens with zero attached hydrogens (tertiary/aromatic N) is 2. The van der Waals surface area contributed by atoms with Crippen LogP contribution in [0.3, 0.4) is 0 Å². The summed E-state index contributed by atoms with van der Waals surface area (Å²) in [6.07, 6.45) is 0. The number of rotatable bonds is 6. The first-order valence-corrected chi connectivity index (χ1v) is 20.7. The normalized spacial score (nSPS) is 11.7. The first-order valence-electron chi connectivity index (χ1n) is 20.7. The summed E-state index contributed by atoms with van der Waals surface area (Å²) in [6.45, 7) is 0. The highest BCUT2D eigenvalue weighted by molar-refractivity contribution is 6.23. The Morgan fingerprint density at radius 2 is 0.883 bits per heavy atom. The molecule has 2 nitrogen and oxygen atoms in total. The molecule has 0 radical (unpaired) electrons. The number of benzene rings is 11. The highest BCUT2D eigenvalue weighted by atomic mass is 15.1. The summed E-state index contributed by atoms with van der Waals surface area (Å²) >= 11 is 0. The molecule has 2 heteroatoms. The summed E-state index contributed by atoms with van der Waals surface area (Å²) in [6, 6.07) is 84.4. The van der Waals surface area contributed by atoms with Crippen molar-refractivity contribution in [3.8, 4) is 27.9 Å². The van der Waals surface area contributed by atoms with Gasteiger partial charge in [0.15, 0.2) is 0 Å². The molecule has 11 aromatic carbocycles. The third-order valence-corrected chi connectivity index (χ3v) is 12.3. The molecule has 0 saturated carbocycles. The summed E-state index contributed by atoms with van der Waals surface area (Å²) in [5, 5.41) is 12.5. The Bertz CT molecular complexity index is 3600. The van der Waals surface area contributed by atoms with Gasteiger partial charge in [-0.3, -0.25) is 0 Å². The molecule has 60 heavy (non-hydrogen) atoms. The van der Waals surface area contributed by atoms with Crippen LogP contribution in [-0.4, -0.2) is 4.57 Å². The maximum absolute atomic E-state index is 2.42. The van der Waals surface area contributed by atoms with E-state index in [9.17, 15) is 0 Å². The SMILES string of the molecule is c1ccc(-n2c3ccccc3c3c(-c4cccc(N(c5ccc(-c6ccc7c(ccc8ccccc87)c6)cc5)c5ccc6ccccc6c5)c4)c4ccccc4cc32)cc1. The highest BCUT2D eigenvalue weighted by Gasteiger charge is 2.21. The van der Waals surface area contributed by atoms with Crippen LogP contribution in [0.15, 0.2) is 231 Å². The van der Waals surface area contributed by atoms with Crippen LogP contribution in [0.25, 0.3) is 92.8 Å². The van der Waals surface area contributed by atoms with Gasteiger partial charge in [0.25, 0.3) is 0 Å². The van der Waals surface area contributed by atoms with Gasteiger partial charge in [-0.05, 0) is 132 Å². The van der Waals surface area contributed by atoms with Gasteiger partial charge in [-0.2, -0.15) is 0 Å². The van der Waals surface area contributed by atoms with Gasteiger partial charge >= 0.3 is 0 Å². The molecular formula is C58H38N2. The fourth-order valence-electron chi connectivity index (χ4n) is 9.51. The lowest BCUT2D eigenvalue weighted by molar-refractivity contribution is 1.18. The van der Waals surface area contributed by atoms with E-state index < -0.39 is 0 Å². The predicted octanol–water partition coefficient (Wildman–Crippen LogP) is 16.2. The standard InChI is InChI=1S/C58H38N2/c1-2-18-47(19-3-1)60-55-24-11-10-23-54(55)58-56(60)38-44-16-7-9-22-53(44)57(58)46-17-12-20-49(37-46)59(50-33-29-39-13-4-5-15-42(39)36-50)48-31-27-40(28-32-48)43-30-34-52-45(35-43)26-25-41-14-6-8-21-51(41)52/h1-38H. The molecule has 12 rings (SSSR count). The zero-order chi connectivity index (χ0) is 39.6. The van der Waals surface area contributed by atoms with Gasteiger partial charge in [-0.15, -0.1) is 0 Å². The molecule has 0 aliphatic rings. The van der Waals surface area contributed by atoms with Crippen LogP contribution < -0.4 is 4.90 Å². The van der Waals surface area contributed by atoms with E-state index >= 15 is 0 Å². The number of fused-ring (bicyclic) bond motifs is 8. The van der Waals surface area contributed by atoms with Crippen molar-refractivity contribution in [1.82, 2.24) is 4.57 Å². The molecule has 12 aromatic rings. The van der Waals surface area contributed by atoms with E-state index in [1.54, 1.807) is 0 Å². The van der Waals surface area contributed by atoms with Crippen molar-refractivity contribution in [1.29, 1.82) is 0 Å². The van der Waals surface area contributed by atoms with Crippen molar-refractivity contribution < 1.29 is 0 Å². The maximum Gasteiger partial charge on any atom is 0.0553 e. The third kappa shape index (κ3) is 5.57. The monoisotopic (exact) mass is 762 g/mol. The number of aromatic nitrogens is 1. The minimum atomic E-state index is 1.10. The summed E-state index contributed by atoms with van der Waals surface area (Å²) in [5.74, 6) is 0. The Hall–Kier alpha value is -7.94. The van der Waals surface area contributed by atoms with E-state index in [2.05, 4.69) is 240 Å². The molecule has 0 aliphatic carbocycles. The van der Waals surface area contributed by atoms with Crippen LogP contribution in [0.4, 0.5) is 17.1 Å². The molecule has 0 aliphatic heterocycles. The Morgan fingerprint density at radius 1 is 0.283 bits per heavy atom. The van der Waals surface area contributed by atoms with E-state index in [0.717, 1.165) is 22.7 Å². The van der Waals surface area contributed by atoms with E-state index in [-0.39, 0.29) is 0 Å². The largest absolute Gasteiger partial charge is 0.310 e. The third-order valence-electron chi connectivity index (χ3n) is 12.3. The maximum atomic E-state index is 2.42. The summed E-state index contributed by atoms with van der Waals surface area (Å²) in [4.78, 5) is 2.40. The molecule has 1 heterocycles. The molecule has 0 N–H and O–H groups in total. The predicted molar refractivity (Wildman–Crippen MR) is 256 cm³/mol. The Balaban J connectivity index is 1.04. The van der Waals surface area contributed by atoms with E-state index in [1.165, 1.54) is 87.1 Å². The van der Waals surface area contributed by atoms with Crippen molar-refractivity contribution in [3.05, 3.63) is 231 Å². The zero-order valence-electron chi connectivity index (χ0n) is 32.8. The highest BCUT2D eigenvalue weighted by Crippen LogP contribution is 2.45. The Labute approximate surface area is 348 Å². The molecule has 0 amide bonds. The van der Waals surface area contributed by atoms with Crippen molar-refractivity contribution >= 4 is 82.0 Å². The van der Waals surface area contributed by atoms with Crippen LogP contribution in [0.1, 0.15) is 0 Å². The Morgan fingerprint density at radius 3 is 1.73 bits per heavy atom. The molecule has 0 atom stereocenters. The second-order valence-electron chi connectivity index (χ2n) is 15.7. The van der Waals surface area contributed by atoms with Gasteiger partial charge in [0.05, 0.1) is 11.0 Å². The number of hydrogen-bond acceptors (Lipinski definition) is 1. The van der Waals surface area contributed by atoms with E-state index in [1.807, 2.05) is 0 Å². The second kappa shape index (κ2) is 13.9.